The number of hydrogen-bond donors (Lipinski definition) is 1. The van der Waals surface area contributed by atoms with Crippen molar-refractivity contribution in [3.8, 4) is 17.6 Å². The zero-order valence-electron chi connectivity index (χ0n) is 17.5. The fourth-order valence-corrected chi connectivity index (χ4v) is 4.60. The average Bonchev–Trinajstić information content (AvgIpc) is 3.28. The van der Waals surface area contributed by atoms with Gasteiger partial charge in [-0.2, -0.15) is 5.26 Å². The fourth-order valence-electron chi connectivity index (χ4n) is 4.60. The Kier molecular flexibility index (Phi) is 5.68. The number of aliphatic carboxylic acids is 1. The van der Waals surface area contributed by atoms with E-state index in [4.69, 9.17) is 14.6 Å². The first-order valence-electron chi connectivity index (χ1n) is 10.5. The highest BCUT2D eigenvalue weighted by atomic mass is 16.5. The average molecular weight is 423 g/mol. The van der Waals surface area contributed by atoms with Gasteiger partial charge in [0.25, 0.3) is 5.56 Å². The molecule has 8 heteroatoms. The number of methoxy groups -OCH3 is 1. The molecule has 8 nitrogen and oxygen atoms in total. The molecule has 1 aromatic carbocycles. The van der Waals surface area contributed by atoms with Crippen molar-refractivity contribution in [2.45, 2.75) is 63.0 Å². The monoisotopic (exact) mass is 423 g/mol. The number of hydrogen-bond acceptors (Lipinski definition) is 6. The quantitative estimate of drug-likeness (QED) is 0.759. The van der Waals surface area contributed by atoms with Crippen LogP contribution in [-0.2, 0) is 29.6 Å². The summed E-state index contributed by atoms with van der Waals surface area (Å²) in [6.07, 6.45) is 6.86. The molecule has 2 aromatic rings. The molecule has 1 fully saturated rings. The molecule has 0 aliphatic heterocycles. The lowest BCUT2D eigenvalue weighted by molar-refractivity contribution is -0.137. The Morgan fingerprint density at radius 1 is 1.35 bits per heavy atom. The molecule has 2 aliphatic rings. The molecule has 0 saturated heterocycles. The van der Waals surface area contributed by atoms with Crippen LogP contribution in [0.2, 0.25) is 0 Å². The van der Waals surface area contributed by atoms with Crippen molar-refractivity contribution in [2.75, 3.05) is 7.11 Å². The molecule has 31 heavy (non-hydrogen) atoms. The molecule has 1 unspecified atom stereocenters. The molecule has 1 N–H and O–H groups in total. The lowest BCUT2D eigenvalue weighted by Crippen LogP contribution is -2.39. The second-order valence-electron chi connectivity index (χ2n) is 8.26. The predicted molar refractivity (Wildman–Crippen MR) is 111 cm³/mol. The number of ether oxygens (including phenoxy) is 2. The summed E-state index contributed by atoms with van der Waals surface area (Å²) in [4.78, 5) is 28.2. The van der Waals surface area contributed by atoms with E-state index in [1.54, 1.807) is 13.2 Å². The van der Waals surface area contributed by atoms with Crippen LogP contribution in [0.15, 0.2) is 29.3 Å². The summed E-state index contributed by atoms with van der Waals surface area (Å²) in [5.74, 6) is 0.113. The second-order valence-corrected chi connectivity index (χ2v) is 8.26. The zero-order chi connectivity index (χ0) is 22.0. The molecule has 1 aromatic heterocycles. The zero-order valence-corrected chi connectivity index (χ0v) is 17.5. The summed E-state index contributed by atoms with van der Waals surface area (Å²) in [5, 5.41) is 19.2. The van der Waals surface area contributed by atoms with Crippen molar-refractivity contribution in [2.24, 2.45) is 0 Å². The lowest BCUT2D eigenvalue weighted by Gasteiger charge is -2.32. The van der Waals surface area contributed by atoms with Crippen molar-refractivity contribution >= 4 is 5.97 Å². The third kappa shape index (κ3) is 4.00. The summed E-state index contributed by atoms with van der Waals surface area (Å²) in [6.45, 7) is -0.458. The van der Waals surface area contributed by atoms with E-state index in [1.165, 1.54) is 6.33 Å². The van der Waals surface area contributed by atoms with E-state index in [0.717, 1.165) is 35.8 Å². The van der Waals surface area contributed by atoms with Gasteiger partial charge in [-0.3, -0.25) is 14.2 Å². The van der Waals surface area contributed by atoms with Gasteiger partial charge in [-0.15, -0.1) is 0 Å². The van der Waals surface area contributed by atoms with E-state index in [0.29, 0.717) is 35.6 Å². The van der Waals surface area contributed by atoms with Gasteiger partial charge in [0, 0.05) is 12.0 Å². The molecule has 1 heterocycles. The highest BCUT2D eigenvalue weighted by Crippen LogP contribution is 2.41. The lowest BCUT2D eigenvalue weighted by atomic mass is 9.69. The number of benzene rings is 1. The predicted octanol–water partition coefficient (Wildman–Crippen LogP) is 2.61. The van der Waals surface area contributed by atoms with E-state index < -0.39 is 23.5 Å². The summed E-state index contributed by atoms with van der Waals surface area (Å²) in [7, 11) is 1.59. The van der Waals surface area contributed by atoms with Gasteiger partial charge in [0.05, 0.1) is 36.7 Å². The molecular formula is C23H25N3O5. The Bertz CT molecular complexity index is 1100. The van der Waals surface area contributed by atoms with Crippen LogP contribution < -0.4 is 15.0 Å². The van der Waals surface area contributed by atoms with Crippen LogP contribution in [0.4, 0.5) is 0 Å². The van der Waals surface area contributed by atoms with Crippen LogP contribution in [0.1, 0.15) is 48.9 Å². The van der Waals surface area contributed by atoms with Gasteiger partial charge < -0.3 is 14.6 Å². The standard InChI is InChI=1S/C23H25N3O5/c1-30-19-7-6-15(10-20(19)31-16-4-2-3-5-16)23(13-24)9-8-18-17(11-23)22(29)26(14-25-18)12-21(27)28/h6-7,10,14,16H,2-5,8-9,11-12H2,1H3,(H,27,28). The van der Waals surface area contributed by atoms with Crippen LogP contribution in [0.3, 0.4) is 0 Å². The topological polar surface area (TPSA) is 114 Å². The maximum absolute atomic E-state index is 12.9. The molecule has 162 valence electrons. The Labute approximate surface area is 180 Å². The van der Waals surface area contributed by atoms with E-state index >= 15 is 0 Å². The molecular weight excluding hydrogens is 398 g/mol. The minimum absolute atomic E-state index is 0.140. The SMILES string of the molecule is COc1ccc(C2(C#N)CCc3ncn(CC(=O)O)c(=O)c3C2)cc1OC1CCCC1. The molecule has 0 radical (unpaired) electrons. The van der Waals surface area contributed by atoms with Gasteiger partial charge in [-0.05, 0) is 56.2 Å². The van der Waals surface area contributed by atoms with E-state index in [1.807, 2.05) is 12.1 Å². The largest absolute Gasteiger partial charge is 0.493 e. The van der Waals surface area contributed by atoms with Crippen molar-refractivity contribution in [1.82, 2.24) is 9.55 Å². The molecule has 1 atom stereocenters. The molecule has 2 aliphatic carbocycles. The van der Waals surface area contributed by atoms with E-state index in [-0.39, 0.29) is 12.5 Å². The first-order valence-corrected chi connectivity index (χ1v) is 10.5. The van der Waals surface area contributed by atoms with Crippen LogP contribution in [-0.4, -0.2) is 33.8 Å². The number of carboxylic acids is 1. The first-order chi connectivity index (χ1) is 15.0. The van der Waals surface area contributed by atoms with Crippen LogP contribution >= 0.6 is 0 Å². The summed E-state index contributed by atoms with van der Waals surface area (Å²) in [6, 6.07) is 7.94. The number of aromatic nitrogens is 2. The highest BCUT2D eigenvalue weighted by Gasteiger charge is 2.39. The maximum atomic E-state index is 12.9. The number of rotatable bonds is 6. The Morgan fingerprint density at radius 3 is 2.81 bits per heavy atom. The molecule has 1 saturated carbocycles. The Hall–Kier alpha value is -3.34. The van der Waals surface area contributed by atoms with E-state index in [2.05, 4.69) is 11.1 Å². The molecule has 4 rings (SSSR count). The van der Waals surface area contributed by atoms with Crippen molar-refractivity contribution in [3.63, 3.8) is 0 Å². The van der Waals surface area contributed by atoms with Crippen LogP contribution in [0.5, 0.6) is 11.5 Å². The number of carboxylic acid groups (broad SMARTS) is 1. The van der Waals surface area contributed by atoms with Gasteiger partial charge >= 0.3 is 5.97 Å². The van der Waals surface area contributed by atoms with Crippen LogP contribution in [0, 0.1) is 11.3 Å². The van der Waals surface area contributed by atoms with E-state index in [9.17, 15) is 14.9 Å². The van der Waals surface area contributed by atoms with Gasteiger partial charge in [0.2, 0.25) is 0 Å². The minimum atomic E-state index is -1.12. The molecule has 0 spiro atoms. The summed E-state index contributed by atoms with van der Waals surface area (Å²) < 4.78 is 12.7. The number of nitriles is 1. The van der Waals surface area contributed by atoms with Gasteiger partial charge in [0.1, 0.15) is 6.54 Å². The third-order valence-corrected chi connectivity index (χ3v) is 6.32. The van der Waals surface area contributed by atoms with Gasteiger partial charge in [0.15, 0.2) is 11.5 Å². The molecule has 0 amide bonds. The van der Waals surface area contributed by atoms with Crippen molar-refractivity contribution in [3.05, 3.63) is 51.7 Å². The second kappa shape index (κ2) is 8.42. The summed E-state index contributed by atoms with van der Waals surface area (Å²) >= 11 is 0. The Balaban J connectivity index is 1.71. The number of aryl methyl sites for hydroxylation is 1. The minimum Gasteiger partial charge on any atom is -0.493 e. The number of carbonyl (C=O) groups is 1. The Morgan fingerprint density at radius 2 is 2.13 bits per heavy atom. The highest BCUT2D eigenvalue weighted by molar-refractivity contribution is 5.66. The third-order valence-electron chi connectivity index (χ3n) is 6.32. The smallest absolute Gasteiger partial charge is 0.323 e. The number of fused-ring (bicyclic) bond motifs is 1. The van der Waals surface area contributed by atoms with Gasteiger partial charge in [-0.25, -0.2) is 4.98 Å². The normalized spacial score (nSPS) is 20.6. The fraction of sp³-hybridized carbons (Fsp3) is 0.478. The number of nitrogens with zero attached hydrogens (tertiary/aromatic N) is 3. The first kappa shape index (κ1) is 20.9. The van der Waals surface area contributed by atoms with Crippen molar-refractivity contribution in [1.29, 1.82) is 5.26 Å². The maximum Gasteiger partial charge on any atom is 0.323 e. The molecule has 0 bridgehead atoms. The van der Waals surface area contributed by atoms with Crippen molar-refractivity contribution < 1.29 is 19.4 Å². The van der Waals surface area contributed by atoms with Gasteiger partial charge in [-0.1, -0.05) is 6.07 Å². The van der Waals surface area contributed by atoms with Crippen LogP contribution in [0.25, 0.3) is 0 Å². The summed E-state index contributed by atoms with van der Waals surface area (Å²) in [5.41, 5.74) is 0.486.